The quantitative estimate of drug-likeness (QED) is 0.169. The van der Waals surface area contributed by atoms with Gasteiger partial charge in [0, 0.05) is 12.0 Å². The fraction of sp³-hybridized carbons (Fsp3) is 0.429. The van der Waals surface area contributed by atoms with Gasteiger partial charge in [-0.2, -0.15) is 8.78 Å². The molecule has 0 radical (unpaired) electrons. The summed E-state index contributed by atoms with van der Waals surface area (Å²) >= 11 is 0. The molecule has 2 fully saturated rings. The van der Waals surface area contributed by atoms with Crippen molar-refractivity contribution in [3.05, 3.63) is 100 Å². The van der Waals surface area contributed by atoms with Crippen LogP contribution in [-0.4, -0.2) is 12.7 Å². The molecule has 3 aromatic carbocycles. The summed E-state index contributed by atoms with van der Waals surface area (Å²) in [7, 11) is 0. The zero-order chi connectivity index (χ0) is 33.2. The Morgan fingerprint density at radius 2 is 1.35 bits per heavy atom. The first-order valence-corrected chi connectivity index (χ1v) is 15.3. The minimum absolute atomic E-state index is 0.0551. The van der Waals surface area contributed by atoms with Crippen LogP contribution in [0.25, 0.3) is 17.0 Å². The lowest BCUT2D eigenvalue weighted by molar-refractivity contribution is -0.281. The van der Waals surface area contributed by atoms with Crippen LogP contribution >= 0.6 is 0 Å². The second-order valence-corrected chi connectivity index (χ2v) is 12.0. The molecule has 2 atom stereocenters. The Hall–Kier alpha value is -3.31. The van der Waals surface area contributed by atoms with Gasteiger partial charge in [-0.15, -0.1) is 0 Å². The zero-order valence-electron chi connectivity index (χ0n) is 25.0. The summed E-state index contributed by atoms with van der Waals surface area (Å²) in [5.74, 6) is -8.89. The summed E-state index contributed by atoms with van der Waals surface area (Å²) in [6.07, 6.45) is -2.87. The van der Waals surface area contributed by atoms with E-state index in [1.807, 2.05) is 0 Å². The van der Waals surface area contributed by atoms with Gasteiger partial charge in [0.1, 0.15) is 23.0 Å². The molecule has 248 valence electrons. The average Bonchev–Trinajstić information content (AvgIpc) is 3.03. The molecule has 0 aromatic heterocycles. The number of rotatable bonds is 9. The summed E-state index contributed by atoms with van der Waals surface area (Å²) in [6.45, 7) is 1.98. The minimum atomic E-state index is -4.25. The molecule has 1 saturated heterocycles. The third-order valence-corrected chi connectivity index (χ3v) is 8.90. The topological polar surface area (TPSA) is 18.5 Å². The molecule has 46 heavy (non-hydrogen) atoms. The predicted molar refractivity (Wildman–Crippen MR) is 154 cm³/mol. The molecule has 1 heterocycles. The van der Waals surface area contributed by atoms with Crippen LogP contribution in [-0.2, 0) is 15.6 Å². The van der Waals surface area contributed by atoms with E-state index in [1.54, 1.807) is 6.92 Å². The van der Waals surface area contributed by atoms with E-state index in [-0.39, 0.29) is 60.0 Å². The molecule has 5 rings (SSSR count). The second kappa shape index (κ2) is 14.2. The molecule has 0 bridgehead atoms. The highest BCUT2D eigenvalue weighted by atomic mass is 19.3. The van der Waals surface area contributed by atoms with Crippen LogP contribution in [0.3, 0.4) is 0 Å². The number of hydrogen-bond acceptors (Lipinski definition) is 2. The fourth-order valence-corrected chi connectivity index (χ4v) is 6.43. The molecular weight excluding hydrogens is 623 g/mol. The molecule has 0 amide bonds. The Morgan fingerprint density at radius 3 is 1.89 bits per heavy atom. The maximum absolute atomic E-state index is 15.1. The van der Waals surface area contributed by atoms with Gasteiger partial charge in [0.25, 0.3) is 0 Å². The van der Waals surface area contributed by atoms with Gasteiger partial charge in [0.05, 0.1) is 18.8 Å². The Labute approximate surface area is 261 Å². The van der Waals surface area contributed by atoms with E-state index < -0.39 is 64.6 Å². The van der Waals surface area contributed by atoms with Crippen LogP contribution in [0, 0.1) is 40.9 Å². The van der Waals surface area contributed by atoms with Gasteiger partial charge in [-0.25, -0.2) is 30.7 Å². The molecule has 2 nitrogen and oxygen atoms in total. The molecule has 2 aliphatic rings. The highest BCUT2D eigenvalue weighted by Gasteiger charge is 2.43. The van der Waals surface area contributed by atoms with Gasteiger partial charge in [-0.3, -0.25) is 0 Å². The molecule has 0 spiro atoms. The van der Waals surface area contributed by atoms with Crippen molar-refractivity contribution in [2.45, 2.75) is 76.6 Å². The van der Waals surface area contributed by atoms with E-state index in [0.29, 0.717) is 32.1 Å². The number of hydrogen-bond donors (Lipinski definition) is 0. The smallest absolute Gasteiger partial charge is 0.373 e. The Kier molecular flexibility index (Phi) is 10.5. The maximum atomic E-state index is 15.1. The van der Waals surface area contributed by atoms with E-state index in [2.05, 4.69) is 0 Å². The van der Waals surface area contributed by atoms with Gasteiger partial charge in [-0.05, 0) is 97.7 Å². The minimum Gasteiger partial charge on any atom is -0.373 e. The molecule has 1 saturated carbocycles. The van der Waals surface area contributed by atoms with Gasteiger partial charge >= 0.3 is 6.11 Å². The summed E-state index contributed by atoms with van der Waals surface area (Å²) in [5.41, 5.74) is -1.20. The first-order chi connectivity index (χ1) is 21.9. The fourth-order valence-electron chi connectivity index (χ4n) is 6.43. The molecule has 1 aliphatic carbocycles. The summed E-state index contributed by atoms with van der Waals surface area (Å²) in [4.78, 5) is 0. The predicted octanol–water partition coefficient (Wildman–Crippen LogP) is 11.2. The van der Waals surface area contributed by atoms with Crippen molar-refractivity contribution in [1.29, 1.82) is 0 Å². The number of ether oxygens (including phenoxy) is 2. The standard InChI is InChI=1S/C35H33F9O2/c1-2-3-26(36)33(41)21-6-4-20(5-7-21)23-14-27(37)32(28(38)15-23)35(43,44)46-25-11-8-19(9-12-25)22-10-13-31(45-18-22)24-16-29(39)34(42)30(40)17-24/h4-7,14-17,19,22,25,31H,2-3,8-13,18H2,1H3/b33-26+. The monoisotopic (exact) mass is 656 g/mol. The molecule has 2 unspecified atom stereocenters. The van der Waals surface area contributed by atoms with Crippen LogP contribution in [0.1, 0.15) is 81.1 Å². The lowest BCUT2D eigenvalue weighted by Gasteiger charge is -2.38. The number of alkyl halides is 2. The van der Waals surface area contributed by atoms with Crippen molar-refractivity contribution < 1.29 is 49.0 Å². The van der Waals surface area contributed by atoms with Crippen LogP contribution in [0.5, 0.6) is 0 Å². The van der Waals surface area contributed by atoms with Crippen LogP contribution in [0.2, 0.25) is 0 Å². The van der Waals surface area contributed by atoms with E-state index in [9.17, 15) is 30.7 Å². The Morgan fingerprint density at radius 1 is 0.761 bits per heavy atom. The lowest BCUT2D eigenvalue weighted by atomic mass is 9.76. The molecular formula is C35H33F9O2. The molecule has 1 aliphatic heterocycles. The van der Waals surface area contributed by atoms with Crippen molar-refractivity contribution in [3.63, 3.8) is 0 Å². The first kappa shape index (κ1) is 34.0. The largest absolute Gasteiger partial charge is 0.389 e. The Bertz CT molecular complexity index is 1510. The second-order valence-electron chi connectivity index (χ2n) is 12.0. The van der Waals surface area contributed by atoms with Crippen molar-refractivity contribution in [2.24, 2.45) is 11.8 Å². The van der Waals surface area contributed by atoms with E-state index in [4.69, 9.17) is 9.47 Å². The summed E-state index contributed by atoms with van der Waals surface area (Å²) in [5, 5.41) is 0. The lowest BCUT2D eigenvalue weighted by Crippen LogP contribution is -2.34. The molecule has 3 aromatic rings. The maximum Gasteiger partial charge on any atom is 0.389 e. The van der Waals surface area contributed by atoms with Crippen LogP contribution in [0.4, 0.5) is 39.5 Å². The number of halogens is 9. The highest BCUT2D eigenvalue weighted by Crippen LogP contribution is 2.43. The zero-order valence-corrected chi connectivity index (χ0v) is 25.0. The highest BCUT2D eigenvalue weighted by molar-refractivity contribution is 5.69. The third kappa shape index (κ3) is 7.46. The SMILES string of the molecule is CCC/C(F)=C(\F)c1ccc(-c2cc(F)c(C(F)(F)OC3CCC(C4CCC(c5cc(F)c(F)c(F)c5)OC4)CC3)c(F)c2)cc1. The van der Waals surface area contributed by atoms with Crippen LogP contribution in [0.15, 0.2) is 54.4 Å². The van der Waals surface area contributed by atoms with E-state index in [1.165, 1.54) is 24.3 Å². The normalized spacial score (nSPS) is 22.9. The first-order valence-electron chi connectivity index (χ1n) is 15.3. The summed E-state index contributed by atoms with van der Waals surface area (Å²) < 4.78 is 140. The van der Waals surface area contributed by atoms with Gasteiger partial charge in [0.2, 0.25) is 0 Å². The summed E-state index contributed by atoms with van der Waals surface area (Å²) in [6, 6.07) is 8.44. The number of allylic oxidation sites excluding steroid dienone is 1. The van der Waals surface area contributed by atoms with Gasteiger partial charge in [-0.1, -0.05) is 31.2 Å². The van der Waals surface area contributed by atoms with Crippen molar-refractivity contribution in [1.82, 2.24) is 0 Å². The van der Waals surface area contributed by atoms with Crippen LogP contribution < -0.4 is 0 Å². The Balaban J connectivity index is 1.17. The van der Waals surface area contributed by atoms with Crippen molar-refractivity contribution >= 4 is 5.83 Å². The van der Waals surface area contributed by atoms with Crippen molar-refractivity contribution in [2.75, 3.05) is 6.61 Å². The van der Waals surface area contributed by atoms with Gasteiger partial charge < -0.3 is 9.47 Å². The molecule has 11 heteroatoms. The van der Waals surface area contributed by atoms with Gasteiger partial charge in [0.15, 0.2) is 23.3 Å². The molecule has 0 N–H and O–H groups in total. The van der Waals surface area contributed by atoms with Crippen molar-refractivity contribution in [3.8, 4) is 11.1 Å². The average molecular weight is 657 g/mol. The third-order valence-electron chi connectivity index (χ3n) is 8.90. The number of benzene rings is 3. The van der Waals surface area contributed by atoms with E-state index >= 15 is 8.78 Å². The van der Waals surface area contributed by atoms with E-state index in [0.717, 1.165) is 24.3 Å².